The zero-order valence-electron chi connectivity index (χ0n) is 18.0. The van der Waals surface area contributed by atoms with E-state index in [2.05, 4.69) is 14.8 Å². The quantitative estimate of drug-likeness (QED) is 0.498. The third-order valence-electron chi connectivity index (χ3n) is 5.70. The number of anilines is 1. The van der Waals surface area contributed by atoms with Gasteiger partial charge in [-0.25, -0.2) is 8.78 Å². The van der Waals surface area contributed by atoms with Crippen LogP contribution in [0.5, 0.6) is 0 Å². The van der Waals surface area contributed by atoms with E-state index in [9.17, 15) is 17.2 Å². The van der Waals surface area contributed by atoms with Gasteiger partial charge in [0.2, 0.25) is 0 Å². The highest BCUT2D eigenvalue weighted by molar-refractivity contribution is 7.87. The van der Waals surface area contributed by atoms with E-state index >= 15 is 0 Å². The minimum atomic E-state index is -4.05. The highest BCUT2D eigenvalue weighted by Crippen LogP contribution is 2.36. The molecule has 1 atom stereocenters. The Labute approximate surface area is 196 Å². The van der Waals surface area contributed by atoms with Gasteiger partial charge in [-0.15, -0.1) is 0 Å². The highest BCUT2D eigenvalue weighted by atomic mass is 35.5. The standard InChI is InChI=1S/C22H24ClF2N5O2S/c1-26-21(28-33(31,32)29-13-11-22(24,25)12-14-29)19-15-20(16-5-3-2-4-6-16)30(27-19)18-9-7-17(23)8-10-18/h2-10,20H,11-15H2,1H3,(H,26,28)/t20-/m1/s1. The molecule has 176 valence electrons. The number of aliphatic imine (C=N–C) groups is 1. The Morgan fingerprint density at radius 2 is 1.76 bits per heavy atom. The van der Waals surface area contributed by atoms with Crippen LogP contribution in [-0.4, -0.2) is 50.3 Å². The Morgan fingerprint density at radius 1 is 1.12 bits per heavy atom. The van der Waals surface area contributed by atoms with Crippen LogP contribution in [0, 0.1) is 0 Å². The molecular formula is C22H24ClF2N5O2S. The molecule has 0 bridgehead atoms. The van der Waals surface area contributed by atoms with Gasteiger partial charge in [-0.1, -0.05) is 41.9 Å². The Morgan fingerprint density at radius 3 is 2.36 bits per heavy atom. The fourth-order valence-corrected chi connectivity index (χ4v) is 5.27. The molecule has 0 aromatic heterocycles. The second-order valence-electron chi connectivity index (χ2n) is 7.93. The van der Waals surface area contributed by atoms with Gasteiger partial charge in [0.25, 0.3) is 5.92 Å². The van der Waals surface area contributed by atoms with Gasteiger partial charge in [-0.05, 0) is 29.8 Å². The van der Waals surface area contributed by atoms with Crippen molar-refractivity contribution in [3.05, 3.63) is 65.2 Å². The lowest BCUT2D eigenvalue weighted by Gasteiger charge is -2.31. The number of alkyl halides is 2. The number of nitrogens with zero attached hydrogens (tertiary/aromatic N) is 4. The number of nitrogens with one attached hydrogen (secondary N) is 1. The van der Waals surface area contributed by atoms with E-state index in [1.165, 1.54) is 7.05 Å². The van der Waals surface area contributed by atoms with Crippen molar-refractivity contribution in [3.8, 4) is 0 Å². The van der Waals surface area contributed by atoms with Crippen LogP contribution >= 0.6 is 11.6 Å². The van der Waals surface area contributed by atoms with Gasteiger partial charge in [0.15, 0.2) is 5.84 Å². The Kier molecular flexibility index (Phi) is 6.69. The zero-order chi connectivity index (χ0) is 23.6. The van der Waals surface area contributed by atoms with Gasteiger partial charge >= 0.3 is 10.2 Å². The van der Waals surface area contributed by atoms with Crippen molar-refractivity contribution in [2.75, 3.05) is 25.1 Å². The largest absolute Gasteiger partial charge is 0.302 e. The van der Waals surface area contributed by atoms with Gasteiger partial charge < -0.3 is 0 Å². The van der Waals surface area contributed by atoms with Crippen LogP contribution in [0.25, 0.3) is 0 Å². The number of benzene rings is 2. The van der Waals surface area contributed by atoms with Crippen LogP contribution in [0.4, 0.5) is 14.5 Å². The Hall–Kier alpha value is -2.56. The van der Waals surface area contributed by atoms with Gasteiger partial charge in [0.05, 0.1) is 11.7 Å². The predicted molar refractivity (Wildman–Crippen MR) is 126 cm³/mol. The zero-order valence-corrected chi connectivity index (χ0v) is 19.5. The maximum Gasteiger partial charge on any atom is 0.302 e. The first kappa shape index (κ1) is 23.6. The second-order valence-corrected chi connectivity index (χ2v) is 10.0. The third kappa shape index (κ3) is 5.34. The summed E-state index contributed by atoms with van der Waals surface area (Å²) in [6.07, 6.45) is -0.609. The lowest BCUT2D eigenvalue weighted by atomic mass is 10.0. The molecule has 4 rings (SSSR count). The lowest BCUT2D eigenvalue weighted by molar-refractivity contribution is -0.0412. The van der Waals surface area contributed by atoms with E-state index < -0.39 is 29.0 Å². The summed E-state index contributed by atoms with van der Waals surface area (Å²) in [6.45, 7) is -0.509. The van der Waals surface area contributed by atoms with Crippen molar-refractivity contribution in [1.82, 2.24) is 9.03 Å². The van der Waals surface area contributed by atoms with Crippen molar-refractivity contribution in [2.24, 2.45) is 10.1 Å². The molecule has 1 N–H and O–H groups in total. The Bertz CT molecular complexity index is 1150. The van der Waals surface area contributed by atoms with Crippen LogP contribution in [-0.2, 0) is 10.2 Å². The normalized spacial score (nSPS) is 21.7. The number of amidine groups is 1. The molecule has 7 nitrogen and oxygen atoms in total. The summed E-state index contributed by atoms with van der Waals surface area (Å²) in [6, 6.07) is 16.7. The molecule has 0 aliphatic carbocycles. The summed E-state index contributed by atoms with van der Waals surface area (Å²) in [7, 11) is -2.58. The number of halogens is 3. The molecule has 0 unspecified atom stereocenters. The maximum absolute atomic E-state index is 13.5. The third-order valence-corrected chi connectivity index (χ3v) is 7.45. The number of hydrazone groups is 1. The lowest BCUT2D eigenvalue weighted by Crippen LogP contribution is -2.50. The van der Waals surface area contributed by atoms with Crippen molar-refractivity contribution < 1.29 is 17.2 Å². The van der Waals surface area contributed by atoms with Gasteiger partial charge in [-0.3, -0.25) is 14.7 Å². The molecule has 2 aromatic rings. The molecule has 0 radical (unpaired) electrons. The van der Waals surface area contributed by atoms with Crippen LogP contribution in [0.3, 0.4) is 0 Å². The van der Waals surface area contributed by atoms with E-state index in [1.807, 2.05) is 47.5 Å². The first-order chi connectivity index (χ1) is 15.7. The molecule has 2 aromatic carbocycles. The molecule has 2 heterocycles. The number of piperidine rings is 1. The number of rotatable bonds is 5. The molecule has 0 amide bonds. The minimum Gasteiger partial charge on any atom is -0.270 e. The van der Waals surface area contributed by atoms with Crippen LogP contribution in [0.1, 0.15) is 30.9 Å². The molecule has 1 saturated heterocycles. The SMILES string of the molecule is CN=C(NS(=O)(=O)N1CCC(F)(F)CC1)C1=NN(c2ccc(Cl)cc2)[C@@H](c2ccccc2)C1. The summed E-state index contributed by atoms with van der Waals surface area (Å²) in [5.41, 5.74) is 2.25. The second kappa shape index (κ2) is 9.36. The molecule has 11 heteroatoms. The highest BCUT2D eigenvalue weighted by Gasteiger charge is 2.39. The van der Waals surface area contributed by atoms with E-state index in [1.54, 1.807) is 12.1 Å². The van der Waals surface area contributed by atoms with E-state index in [0.29, 0.717) is 17.2 Å². The summed E-state index contributed by atoms with van der Waals surface area (Å²) >= 11 is 6.04. The average Bonchev–Trinajstić information content (AvgIpc) is 3.23. The summed E-state index contributed by atoms with van der Waals surface area (Å²) in [5.74, 6) is -2.75. The molecule has 1 fully saturated rings. The number of hydrogen-bond acceptors (Lipinski definition) is 5. The van der Waals surface area contributed by atoms with Crippen molar-refractivity contribution in [2.45, 2.75) is 31.2 Å². The fraction of sp³-hybridized carbons (Fsp3) is 0.364. The van der Waals surface area contributed by atoms with Crippen LogP contribution in [0.2, 0.25) is 5.02 Å². The monoisotopic (exact) mass is 495 g/mol. The molecule has 2 aliphatic heterocycles. The summed E-state index contributed by atoms with van der Waals surface area (Å²) < 4.78 is 56.2. The van der Waals surface area contributed by atoms with E-state index in [-0.39, 0.29) is 25.0 Å². The minimum absolute atomic E-state index is 0.0877. The number of hydrogen-bond donors (Lipinski definition) is 1. The Balaban J connectivity index is 1.59. The smallest absolute Gasteiger partial charge is 0.270 e. The van der Waals surface area contributed by atoms with Crippen molar-refractivity contribution >= 4 is 39.0 Å². The maximum atomic E-state index is 13.5. The average molecular weight is 496 g/mol. The van der Waals surface area contributed by atoms with Gasteiger partial charge in [0.1, 0.15) is 5.71 Å². The van der Waals surface area contributed by atoms with Crippen molar-refractivity contribution in [1.29, 1.82) is 0 Å². The first-order valence-electron chi connectivity index (χ1n) is 10.5. The summed E-state index contributed by atoms with van der Waals surface area (Å²) in [5, 5.41) is 7.08. The van der Waals surface area contributed by atoms with Crippen molar-refractivity contribution in [3.63, 3.8) is 0 Å². The topological polar surface area (TPSA) is 77.4 Å². The van der Waals surface area contributed by atoms with Crippen LogP contribution in [0.15, 0.2) is 64.7 Å². The first-order valence-corrected chi connectivity index (χ1v) is 12.3. The molecular weight excluding hydrogens is 472 g/mol. The van der Waals surface area contributed by atoms with E-state index in [4.69, 9.17) is 11.6 Å². The molecule has 0 saturated carbocycles. The molecule has 33 heavy (non-hydrogen) atoms. The molecule has 0 spiro atoms. The fourth-order valence-electron chi connectivity index (χ4n) is 3.89. The predicted octanol–water partition coefficient (Wildman–Crippen LogP) is 4.24. The summed E-state index contributed by atoms with van der Waals surface area (Å²) in [4.78, 5) is 4.12. The van der Waals surface area contributed by atoms with Crippen LogP contribution < -0.4 is 9.73 Å². The van der Waals surface area contributed by atoms with Gasteiger partial charge in [0, 0.05) is 44.4 Å². The van der Waals surface area contributed by atoms with E-state index in [0.717, 1.165) is 15.6 Å². The molecule has 2 aliphatic rings. The van der Waals surface area contributed by atoms with Gasteiger partial charge in [-0.2, -0.15) is 17.8 Å².